The van der Waals surface area contributed by atoms with Crippen LogP contribution >= 0.6 is 62.1 Å². The zero-order chi connectivity index (χ0) is 97.4. The van der Waals surface area contributed by atoms with Crippen LogP contribution in [0.25, 0.3) is 89.0 Å². The molecule has 2 amide bonds. The van der Waals surface area contributed by atoms with Crippen molar-refractivity contribution in [1.29, 1.82) is 0 Å². The Morgan fingerprint density at radius 3 is 1.42 bits per heavy atom. The number of imide groups is 1. The van der Waals surface area contributed by atoms with Gasteiger partial charge in [0.2, 0.25) is 0 Å². The molecular formula is C102H103B2Cl5N11O13P. The van der Waals surface area contributed by atoms with Crippen LogP contribution in [0.15, 0.2) is 266 Å². The molecule has 3 fully saturated rings. The number of carbonyl (C=O) groups is 4. The number of hydrogen-bond donors (Lipinski definition) is 7. The quantitative estimate of drug-likeness (QED) is 0.0176. The summed E-state index contributed by atoms with van der Waals surface area (Å²) in [6, 6.07) is 75.4. The Labute approximate surface area is 802 Å². The Morgan fingerprint density at radius 1 is 0.515 bits per heavy atom. The van der Waals surface area contributed by atoms with E-state index < -0.39 is 70.2 Å². The summed E-state index contributed by atoms with van der Waals surface area (Å²) in [6.45, 7) is 24.1. The lowest BCUT2D eigenvalue weighted by Crippen LogP contribution is -2.63. The molecule has 9 heterocycles. The van der Waals surface area contributed by atoms with E-state index in [1.807, 2.05) is 201 Å². The molecule has 19 rings (SSSR count). The van der Waals surface area contributed by atoms with Gasteiger partial charge in [-0.25, -0.2) is 24.3 Å². The fourth-order valence-electron chi connectivity index (χ4n) is 16.9. The van der Waals surface area contributed by atoms with E-state index in [9.17, 15) is 38.8 Å². The van der Waals surface area contributed by atoms with Crippen molar-refractivity contribution in [3.05, 3.63) is 338 Å². The van der Waals surface area contributed by atoms with E-state index in [0.29, 0.717) is 70.4 Å². The van der Waals surface area contributed by atoms with Crippen molar-refractivity contribution in [1.82, 2.24) is 39.4 Å². The number of benzene rings is 7. The van der Waals surface area contributed by atoms with Crippen molar-refractivity contribution in [2.24, 2.45) is 17.4 Å². The molecule has 3 aliphatic carbocycles. The molecule has 690 valence electrons. The number of aryl methyl sites for hydroxylation is 3. The minimum absolute atomic E-state index is 0.180. The molecule has 7 aromatic heterocycles. The number of nitrogens with zero attached hydrogens (tertiary/aromatic N) is 8. The molecule has 10 N–H and O–H groups in total. The van der Waals surface area contributed by atoms with Crippen LogP contribution in [0.5, 0.6) is 0 Å². The second kappa shape index (κ2) is 41.9. The van der Waals surface area contributed by atoms with Gasteiger partial charge in [0.1, 0.15) is 15.9 Å². The highest BCUT2D eigenvalue weighted by molar-refractivity contribution is 8.24. The number of aliphatic hydroxyl groups is 2. The molecule has 1 saturated heterocycles. The molecule has 32 heteroatoms. The zero-order valence-corrected chi connectivity index (χ0v) is 80.9. The maximum Gasteiger partial charge on any atom is 0.494 e. The van der Waals surface area contributed by atoms with Crippen molar-refractivity contribution in [2.45, 2.75) is 161 Å². The minimum atomic E-state index is -3.22. The molecule has 24 nitrogen and oxygen atoms in total. The molecule has 5 aliphatic rings. The molecule has 0 bridgehead atoms. The fraction of sp³-hybridized carbons (Fsp3) is 0.245. The van der Waals surface area contributed by atoms with Crippen molar-refractivity contribution >= 4 is 150 Å². The number of ketones is 1. The van der Waals surface area contributed by atoms with Crippen LogP contribution in [0.2, 0.25) is 17.1 Å². The standard InChI is InChI=1S/C26H25N3O.C25H28BNO5.C19H17ClN2O3.C16H13NO.C15H11ClN2.CH5BO2.Cl3OP.H4N2/c1-17-21-14-22(18-6-4-3-5-7-18)24(29-23(21)12-13-28-17)19-8-10-20(11-9-19)26(27)15-25(2,30)16-26;1-22(2)23(3,4)32-26(31-22)17-12-10-16(11-13-17)25(14-24(5,30)15-25)27-20(28)18-8-6-7-9-19(18)21(27)29;1-19(2,3)25-18(24)22-15-9-10-21-16(20)14(15)11-13(17(22)23)12-7-5-4-6-8-12;1-11-14-10-15(12-5-3-2-4-6-12)16(18)9-13(14)7-8-17-11;1-10-12-9-13(11-5-3-2-4-6-11)15(16)18-14(12)7-8-17-10;1-2(3)4;1-5(2,3)4;1-2/h3-14,30H,15-16,27H2,1-2H3;6-13,30H,14-15H2,1-5H3;4-11H,1-3H3;2-8,10H,9H2,1H3;2-9H,1H3;3-4H,1H3;;1-2H2. The van der Waals surface area contributed by atoms with Crippen LogP contribution in [-0.4, -0.2) is 126 Å². The highest BCUT2D eigenvalue weighted by Gasteiger charge is 2.61. The number of ether oxygens (including phenoxy) is 1. The summed E-state index contributed by atoms with van der Waals surface area (Å²) < 4.78 is 28.2. The van der Waals surface area contributed by atoms with Gasteiger partial charge in [-0.3, -0.25) is 55.3 Å². The number of pyridine rings is 7. The number of rotatable bonds is 9. The first-order chi connectivity index (χ1) is 63.2. The Morgan fingerprint density at radius 2 is 0.933 bits per heavy atom. The predicted molar refractivity (Wildman–Crippen MR) is 536 cm³/mol. The molecule has 7 aromatic carbocycles. The Kier molecular flexibility index (Phi) is 31.7. The summed E-state index contributed by atoms with van der Waals surface area (Å²) >= 11 is 26.3. The van der Waals surface area contributed by atoms with Gasteiger partial charge < -0.3 is 40.0 Å². The molecule has 14 aromatic rings. The van der Waals surface area contributed by atoms with Gasteiger partial charge in [0.05, 0.1) is 61.3 Å². The van der Waals surface area contributed by atoms with E-state index in [1.54, 1.807) is 94.8 Å². The maximum absolute atomic E-state index is 13.2. The highest BCUT2D eigenvalue weighted by atomic mass is 36.0. The second-order valence-electron chi connectivity index (χ2n) is 35.6. The first-order valence-electron chi connectivity index (χ1n) is 42.9. The monoisotopic (exact) mass is 1920 g/mol. The number of carbonyl (C=O) groups excluding carboxylic acids is 4. The number of halogens is 5. The summed E-state index contributed by atoms with van der Waals surface area (Å²) in [5.74, 6) is 7.56. The number of Topliss-reactive ketones (excluding diaryl/α,β-unsaturated/α-hetero) is 1. The van der Waals surface area contributed by atoms with Gasteiger partial charge in [-0.2, -0.15) is 0 Å². The van der Waals surface area contributed by atoms with Crippen LogP contribution in [0.1, 0.15) is 154 Å². The molecule has 0 radical (unpaired) electrons. The van der Waals surface area contributed by atoms with Gasteiger partial charge in [0.25, 0.3) is 17.4 Å². The van der Waals surface area contributed by atoms with Gasteiger partial charge in [-0.15, -0.1) is 0 Å². The average molecular weight is 1920 g/mol. The van der Waals surface area contributed by atoms with Crippen molar-refractivity contribution in [3.63, 3.8) is 0 Å². The maximum atomic E-state index is 13.2. The third kappa shape index (κ3) is 23.8. The lowest BCUT2D eigenvalue weighted by Gasteiger charge is -2.55. The number of nitrogens with two attached hydrogens (primary N) is 3. The molecule has 2 aliphatic heterocycles. The fourth-order valence-corrected chi connectivity index (χ4v) is 17.3. The minimum Gasteiger partial charge on any atom is -0.443 e. The smallest absolute Gasteiger partial charge is 0.443 e. The van der Waals surface area contributed by atoms with Gasteiger partial charge in [-0.1, -0.05) is 205 Å². The SMILES string of the molecule is CB(O)O.CC(C)(C)OC(=O)n1c(=O)c(-c2ccccc2)cc2c(Cl)nccc21.CC1(O)CC(c2ccc(B3OC(C)(C)C(C)(C)O3)cc2)(N2C(=O)c3ccccc3C2=O)C1.Cc1nccc2c1C=C(c1ccccc1)C(=O)C2.Cc1nccc2nc(-c3ccc(C4(N)CC(C)(O)C4)cc3)c(-c3ccccc3)cc12.Cc1nccc2nc(Cl)c(-c3ccccc3)cc12.NN.O=P(Cl)(Cl)Cl. The molecule has 0 spiro atoms. The summed E-state index contributed by atoms with van der Waals surface area (Å²) in [5, 5.41) is 36.1. The number of hydrogen-bond acceptors (Lipinski definition) is 22. The highest BCUT2D eigenvalue weighted by Crippen LogP contribution is 2.61. The second-order valence-corrected chi connectivity index (χ2v) is 43.0. The third-order valence-corrected chi connectivity index (χ3v) is 24.1. The Bertz CT molecular complexity index is 6740. The van der Waals surface area contributed by atoms with Crippen LogP contribution in [0.4, 0.5) is 4.79 Å². The van der Waals surface area contributed by atoms with E-state index in [0.717, 1.165) is 116 Å². The molecule has 2 saturated carbocycles. The summed E-state index contributed by atoms with van der Waals surface area (Å²) in [6.07, 6.45) is 10.2. The van der Waals surface area contributed by atoms with Crippen molar-refractivity contribution in [3.8, 4) is 44.6 Å². The average Bonchev–Trinajstić information content (AvgIpc) is 1.49. The van der Waals surface area contributed by atoms with E-state index in [2.05, 4.69) is 119 Å². The molecule has 134 heavy (non-hydrogen) atoms. The van der Waals surface area contributed by atoms with Gasteiger partial charge in [-0.05, 0) is 242 Å². The third-order valence-electron chi connectivity index (χ3n) is 23.5. The lowest BCUT2D eigenvalue weighted by atomic mass is 9.61. The van der Waals surface area contributed by atoms with Crippen molar-refractivity contribution < 1.29 is 58.0 Å². The van der Waals surface area contributed by atoms with Crippen LogP contribution < -0.4 is 28.4 Å². The Hall–Kier alpha value is -11.4. The van der Waals surface area contributed by atoms with E-state index >= 15 is 0 Å². The summed E-state index contributed by atoms with van der Waals surface area (Å²) in [7, 11) is -1.66. The van der Waals surface area contributed by atoms with Crippen LogP contribution in [-0.2, 0) is 40.9 Å². The normalized spacial score (nSPS) is 18.7. The van der Waals surface area contributed by atoms with Gasteiger partial charge in [0, 0.05) is 116 Å². The van der Waals surface area contributed by atoms with E-state index in [1.165, 1.54) is 17.9 Å². The first kappa shape index (κ1) is 102. The topological polar surface area (TPSA) is 375 Å². The number of fused-ring (bicyclic) bond motifs is 5. The van der Waals surface area contributed by atoms with Crippen LogP contribution in [0.3, 0.4) is 0 Å². The number of allylic oxidation sites excluding steroid dienone is 1. The van der Waals surface area contributed by atoms with Crippen molar-refractivity contribution in [2.75, 3.05) is 0 Å². The number of amides is 2. The number of hydrazine groups is 1. The largest absolute Gasteiger partial charge is 0.494 e. The summed E-state index contributed by atoms with van der Waals surface area (Å²) in [4.78, 5) is 92.2. The predicted octanol–water partition coefficient (Wildman–Crippen LogP) is 20.5. The summed E-state index contributed by atoms with van der Waals surface area (Å²) in [5.41, 5.74) is 21.4. The molecular weight excluding hydrogens is 1820 g/mol. The van der Waals surface area contributed by atoms with Gasteiger partial charge in [0.15, 0.2) is 5.78 Å². The zero-order valence-electron chi connectivity index (χ0n) is 76.2. The van der Waals surface area contributed by atoms with Gasteiger partial charge >= 0.3 is 25.5 Å². The first-order valence-corrected chi connectivity index (χ1v) is 48.1. The van der Waals surface area contributed by atoms with Crippen LogP contribution in [0, 0.1) is 20.8 Å². The van der Waals surface area contributed by atoms with E-state index in [4.69, 9.17) is 58.0 Å². The molecule has 0 unspecified atom stereocenters. The van der Waals surface area contributed by atoms with E-state index in [-0.39, 0.29) is 22.8 Å². The number of aromatic nitrogens is 7. The molecule has 0 atom stereocenters. The Balaban J connectivity index is 0.000000149. The lowest BCUT2D eigenvalue weighted by molar-refractivity contribution is -0.118.